The van der Waals surface area contributed by atoms with Gasteiger partial charge in [-0.15, -0.1) is 0 Å². The number of aromatic nitrogens is 1. The van der Waals surface area contributed by atoms with Gasteiger partial charge in [0.15, 0.2) is 0 Å². The number of ether oxygens (including phenoxy) is 2. The van der Waals surface area contributed by atoms with E-state index in [1.807, 2.05) is 12.1 Å². The molecule has 2 aromatic rings. The Bertz CT molecular complexity index is 666. The lowest BCUT2D eigenvalue weighted by molar-refractivity contribution is 0.124. The van der Waals surface area contributed by atoms with Crippen LogP contribution in [0.25, 0.3) is 0 Å². The number of anilines is 1. The van der Waals surface area contributed by atoms with Gasteiger partial charge in [-0.1, -0.05) is 11.6 Å². The molecule has 0 amide bonds. The molecule has 0 N–H and O–H groups in total. The Morgan fingerprint density at radius 1 is 1.32 bits per heavy atom. The van der Waals surface area contributed by atoms with Crippen LogP contribution in [0.2, 0.25) is 5.02 Å². The van der Waals surface area contributed by atoms with E-state index in [-0.39, 0.29) is 23.0 Å². The quantitative estimate of drug-likeness (QED) is 0.862. The predicted molar refractivity (Wildman–Crippen MR) is 83.4 cm³/mol. The molecule has 2 atom stereocenters. The van der Waals surface area contributed by atoms with Gasteiger partial charge in [-0.2, -0.15) is 0 Å². The molecule has 3 rings (SSSR count). The van der Waals surface area contributed by atoms with Gasteiger partial charge in [0, 0.05) is 6.07 Å². The van der Waals surface area contributed by atoms with Crippen molar-refractivity contribution in [2.45, 2.75) is 19.1 Å². The SMILES string of the molecule is COc1ccc(N2CC(Oc3ccc(F)cc3Cl)C2C)cn1. The Labute approximate surface area is 133 Å². The van der Waals surface area contributed by atoms with Crippen molar-refractivity contribution in [1.29, 1.82) is 0 Å². The summed E-state index contributed by atoms with van der Waals surface area (Å²) in [5.74, 6) is 0.722. The average molecular weight is 323 g/mol. The first-order chi connectivity index (χ1) is 10.6. The maximum atomic E-state index is 13.0. The van der Waals surface area contributed by atoms with Gasteiger partial charge in [0.05, 0.1) is 36.6 Å². The summed E-state index contributed by atoms with van der Waals surface area (Å²) in [7, 11) is 1.59. The minimum Gasteiger partial charge on any atom is -0.485 e. The zero-order valence-electron chi connectivity index (χ0n) is 12.3. The molecule has 1 aliphatic heterocycles. The van der Waals surface area contributed by atoms with Crippen LogP contribution in [-0.4, -0.2) is 30.8 Å². The molecule has 0 aliphatic carbocycles. The fourth-order valence-electron chi connectivity index (χ4n) is 2.45. The minimum atomic E-state index is -0.370. The standard InChI is InChI=1S/C16H16ClFN2O2/c1-10-15(22-14-5-3-11(18)7-13(14)17)9-20(10)12-4-6-16(21-2)19-8-12/h3-8,10,15H,9H2,1-2H3. The molecule has 1 aromatic carbocycles. The highest BCUT2D eigenvalue weighted by Crippen LogP contribution is 2.32. The molecule has 0 spiro atoms. The summed E-state index contributed by atoms with van der Waals surface area (Å²) in [6, 6.07) is 8.12. The van der Waals surface area contributed by atoms with E-state index >= 15 is 0 Å². The van der Waals surface area contributed by atoms with Crippen LogP contribution < -0.4 is 14.4 Å². The molecule has 4 nitrogen and oxygen atoms in total. The maximum absolute atomic E-state index is 13.0. The number of benzene rings is 1. The van der Waals surface area contributed by atoms with Gasteiger partial charge < -0.3 is 14.4 Å². The fourth-order valence-corrected chi connectivity index (χ4v) is 2.66. The van der Waals surface area contributed by atoms with E-state index < -0.39 is 0 Å². The molecule has 2 heterocycles. The highest BCUT2D eigenvalue weighted by molar-refractivity contribution is 6.32. The number of nitrogens with zero attached hydrogens (tertiary/aromatic N) is 2. The fraction of sp³-hybridized carbons (Fsp3) is 0.312. The topological polar surface area (TPSA) is 34.6 Å². The van der Waals surface area contributed by atoms with E-state index in [1.165, 1.54) is 12.1 Å². The number of hydrogen-bond donors (Lipinski definition) is 0. The summed E-state index contributed by atoms with van der Waals surface area (Å²) in [6.45, 7) is 2.79. The van der Waals surface area contributed by atoms with Crippen LogP contribution in [0.5, 0.6) is 11.6 Å². The summed E-state index contributed by atoms with van der Waals surface area (Å²) >= 11 is 5.99. The molecule has 1 saturated heterocycles. The van der Waals surface area contributed by atoms with Crippen LogP contribution >= 0.6 is 11.6 Å². The summed E-state index contributed by atoms with van der Waals surface area (Å²) in [5.41, 5.74) is 1.01. The van der Waals surface area contributed by atoms with E-state index in [4.69, 9.17) is 21.1 Å². The third-order valence-corrected chi connectivity index (χ3v) is 4.14. The van der Waals surface area contributed by atoms with Crippen molar-refractivity contribution in [1.82, 2.24) is 4.98 Å². The van der Waals surface area contributed by atoms with Crippen LogP contribution in [0.1, 0.15) is 6.92 Å². The van der Waals surface area contributed by atoms with Gasteiger partial charge in [0.25, 0.3) is 0 Å². The minimum absolute atomic E-state index is 0.00469. The first-order valence-corrected chi connectivity index (χ1v) is 7.34. The first-order valence-electron chi connectivity index (χ1n) is 6.97. The maximum Gasteiger partial charge on any atom is 0.213 e. The van der Waals surface area contributed by atoms with Crippen LogP contribution in [-0.2, 0) is 0 Å². The van der Waals surface area contributed by atoms with Crippen molar-refractivity contribution in [2.24, 2.45) is 0 Å². The molecule has 1 aromatic heterocycles. The molecule has 0 bridgehead atoms. The normalized spacial score (nSPS) is 20.5. The highest BCUT2D eigenvalue weighted by atomic mass is 35.5. The largest absolute Gasteiger partial charge is 0.485 e. The van der Waals surface area contributed by atoms with Crippen LogP contribution in [0.3, 0.4) is 0 Å². The highest BCUT2D eigenvalue weighted by Gasteiger charge is 2.37. The smallest absolute Gasteiger partial charge is 0.213 e. The lowest BCUT2D eigenvalue weighted by Gasteiger charge is -2.47. The third-order valence-electron chi connectivity index (χ3n) is 3.84. The van der Waals surface area contributed by atoms with Gasteiger partial charge in [0.2, 0.25) is 5.88 Å². The van der Waals surface area contributed by atoms with E-state index in [9.17, 15) is 4.39 Å². The van der Waals surface area contributed by atoms with Crippen molar-refractivity contribution < 1.29 is 13.9 Å². The zero-order chi connectivity index (χ0) is 15.7. The third kappa shape index (κ3) is 2.81. The lowest BCUT2D eigenvalue weighted by Crippen LogP contribution is -2.61. The molecule has 1 aliphatic rings. The summed E-state index contributed by atoms with van der Waals surface area (Å²) in [5, 5.41) is 0.289. The number of pyridine rings is 1. The number of hydrogen-bond acceptors (Lipinski definition) is 4. The van der Waals surface area contributed by atoms with Crippen molar-refractivity contribution in [3.05, 3.63) is 47.4 Å². The van der Waals surface area contributed by atoms with E-state index in [0.717, 1.165) is 12.2 Å². The average Bonchev–Trinajstić information content (AvgIpc) is 2.52. The molecule has 22 heavy (non-hydrogen) atoms. The number of methoxy groups -OCH3 is 1. The second-order valence-corrected chi connectivity index (χ2v) is 5.59. The van der Waals surface area contributed by atoms with Gasteiger partial charge in [-0.25, -0.2) is 9.37 Å². The van der Waals surface area contributed by atoms with E-state index in [1.54, 1.807) is 19.4 Å². The molecule has 0 radical (unpaired) electrons. The lowest BCUT2D eigenvalue weighted by atomic mass is 10.00. The molecule has 2 unspecified atom stereocenters. The molecular formula is C16H16ClFN2O2. The molecule has 1 fully saturated rings. The van der Waals surface area contributed by atoms with Gasteiger partial charge in [-0.3, -0.25) is 0 Å². The molecule has 6 heteroatoms. The van der Waals surface area contributed by atoms with E-state index in [2.05, 4.69) is 16.8 Å². The van der Waals surface area contributed by atoms with Gasteiger partial charge >= 0.3 is 0 Å². The molecule has 116 valence electrons. The Morgan fingerprint density at radius 3 is 2.73 bits per heavy atom. The Morgan fingerprint density at radius 2 is 2.14 bits per heavy atom. The van der Waals surface area contributed by atoms with Gasteiger partial charge in [0.1, 0.15) is 17.7 Å². The monoisotopic (exact) mass is 322 g/mol. The second kappa shape index (κ2) is 6.01. The number of halogens is 2. The Balaban J connectivity index is 1.65. The Kier molecular flexibility index (Phi) is 4.07. The second-order valence-electron chi connectivity index (χ2n) is 5.18. The summed E-state index contributed by atoms with van der Waals surface area (Å²) in [6.07, 6.45) is 1.78. The number of rotatable bonds is 4. The Hall–Kier alpha value is -2.01. The summed E-state index contributed by atoms with van der Waals surface area (Å²) in [4.78, 5) is 6.38. The van der Waals surface area contributed by atoms with Crippen LogP contribution in [0.4, 0.5) is 10.1 Å². The van der Waals surface area contributed by atoms with Crippen molar-refractivity contribution in [3.8, 4) is 11.6 Å². The first kappa shape index (κ1) is 14.9. The summed E-state index contributed by atoms with van der Waals surface area (Å²) < 4.78 is 23.9. The van der Waals surface area contributed by atoms with Crippen LogP contribution in [0, 0.1) is 5.82 Å². The van der Waals surface area contributed by atoms with E-state index in [0.29, 0.717) is 11.6 Å². The van der Waals surface area contributed by atoms with Gasteiger partial charge in [-0.05, 0) is 31.2 Å². The molecular weight excluding hydrogens is 307 g/mol. The van der Waals surface area contributed by atoms with Crippen molar-refractivity contribution in [3.63, 3.8) is 0 Å². The zero-order valence-corrected chi connectivity index (χ0v) is 13.0. The van der Waals surface area contributed by atoms with Crippen LogP contribution in [0.15, 0.2) is 36.5 Å². The van der Waals surface area contributed by atoms with Crippen molar-refractivity contribution in [2.75, 3.05) is 18.6 Å². The molecule has 0 saturated carbocycles. The van der Waals surface area contributed by atoms with Crippen molar-refractivity contribution >= 4 is 17.3 Å². The predicted octanol–water partition coefficient (Wildman–Crippen LogP) is 3.54.